The zero-order valence-electron chi connectivity index (χ0n) is 13.4. The third-order valence-electron chi connectivity index (χ3n) is 3.79. The molecule has 1 unspecified atom stereocenters. The summed E-state index contributed by atoms with van der Waals surface area (Å²) in [6.45, 7) is 2.02. The van der Waals surface area contributed by atoms with Gasteiger partial charge in [-0.1, -0.05) is 53.8 Å². The minimum absolute atomic E-state index is 0.0487. The van der Waals surface area contributed by atoms with Crippen molar-refractivity contribution in [2.75, 3.05) is 0 Å². The number of aliphatic imine (C=N–C) groups is 1. The molecule has 1 heterocycles. The summed E-state index contributed by atoms with van der Waals surface area (Å²) in [5.74, 6) is 0.226. The molecule has 25 heavy (non-hydrogen) atoms. The average Bonchev–Trinajstić information content (AvgIpc) is 2.97. The Kier molecular flexibility index (Phi) is 5.17. The first kappa shape index (κ1) is 17.2. The quantitative estimate of drug-likeness (QED) is 0.442. The molecule has 0 saturated carbocycles. The molecule has 2 aromatic carbocycles. The minimum Gasteiger partial charge on any atom is -0.300 e. The van der Waals surface area contributed by atoms with Crippen LogP contribution in [-0.4, -0.2) is 10.8 Å². The van der Waals surface area contributed by atoms with Crippen molar-refractivity contribution in [3.8, 4) is 6.07 Å². The van der Waals surface area contributed by atoms with Gasteiger partial charge in [-0.2, -0.15) is 5.26 Å². The molecule has 124 valence electrons. The van der Waals surface area contributed by atoms with E-state index in [1.165, 1.54) is 23.5 Å². The van der Waals surface area contributed by atoms with E-state index in [0.717, 1.165) is 11.1 Å². The van der Waals surface area contributed by atoms with Crippen LogP contribution in [0.3, 0.4) is 0 Å². The van der Waals surface area contributed by atoms with Crippen LogP contribution in [0.25, 0.3) is 0 Å². The molecule has 0 aliphatic carbocycles. The van der Waals surface area contributed by atoms with E-state index in [1.807, 2.05) is 41.8 Å². The first-order chi connectivity index (χ1) is 12.1. The fourth-order valence-corrected chi connectivity index (χ4v) is 3.78. The van der Waals surface area contributed by atoms with Crippen molar-refractivity contribution in [1.29, 1.82) is 5.26 Å². The Morgan fingerprint density at radius 3 is 2.52 bits per heavy atom. The van der Waals surface area contributed by atoms with Crippen molar-refractivity contribution < 1.29 is 4.39 Å². The summed E-state index contributed by atoms with van der Waals surface area (Å²) < 4.78 is 15.5. The Bertz CT molecular complexity index is 996. The molecule has 3 rings (SSSR count). The fourth-order valence-electron chi connectivity index (χ4n) is 2.48. The normalized spacial score (nSPS) is 12.2. The summed E-state index contributed by atoms with van der Waals surface area (Å²) >= 11 is 6.70. The molecule has 3 aromatic rings. The number of aromatic nitrogens is 1. The lowest BCUT2D eigenvalue weighted by Gasteiger charge is -2.15. The Labute approximate surface area is 154 Å². The summed E-state index contributed by atoms with van der Waals surface area (Å²) in [7, 11) is 0. The lowest BCUT2D eigenvalue weighted by Crippen LogP contribution is -2.06. The first-order valence-corrected chi connectivity index (χ1v) is 8.82. The molecule has 0 aliphatic rings. The monoisotopic (exact) mass is 367 g/mol. The standard InChI is InChI=1S/C19H14FN3S2/c1-13(15-5-3-2-4-6-15)23-18(17(11-21)25-19(23)24)22-12-14-7-9-16(20)10-8-14/h2-10,12-13H,1H3/b22-12+. The Morgan fingerprint density at radius 2 is 1.88 bits per heavy atom. The molecule has 0 radical (unpaired) electrons. The molecular weight excluding hydrogens is 353 g/mol. The van der Waals surface area contributed by atoms with Crippen LogP contribution in [0, 0.1) is 21.1 Å². The van der Waals surface area contributed by atoms with Gasteiger partial charge in [-0.15, -0.1) is 0 Å². The minimum atomic E-state index is -0.300. The van der Waals surface area contributed by atoms with Gasteiger partial charge in [-0.05, 0) is 42.4 Å². The van der Waals surface area contributed by atoms with E-state index in [-0.39, 0.29) is 11.9 Å². The molecule has 3 nitrogen and oxygen atoms in total. The predicted octanol–water partition coefficient (Wildman–Crippen LogP) is 5.65. The Hall–Kier alpha value is -2.62. The molecule has 0 N–H and O–H groups in total. The maximum Gasteiger partial charge on any atom is 0.164 e. The average molecular weight is 367 g/mol. The van der Waals surface area contributed by atoms with Crippen molar-refractivity contribution in [2.45, 2.75) is 13.0 Å². The number of halogens is 1. The van der Waals surface area contributed by atoms with E-state index in [0.29, 0.717) is 14.6 Å². The summed E-state index contributed by atoms with van der Waals surface area (Å²) in [6, 6.07) is 18.1. The van der Waals surface area contributed by atoms with Crippen LogP contribution < -0.4 is 0 Å². The molecule has 1 atom stereocenters. The summed E-state index contributed by atoms with van der Waals surface area (Å²) in [6.07, 6.45) is 1.62. The molecule has 0 amide bonds. The highest BCUT2D eigenvalue weighted by molar-refractivity contribution is 7.73. The van der Waals surface area contributed by atoms with Gasteiger partial charge in [-0.3, -0.25) is 4.57 Å². The number of thiazole rings is 1. The van der Waals surface area contributed by atoms with Gasteiger partial charge >= 0.3 is 0 Å². The van der Waals surface area contributed by atoms with Gasteiger partial charge in [0, 0.05) is 6.21 Å². The number of hydrogen-bond donors (Lipinski definition) is 0. The number of hydrogen-bond acceptors (Lipinski definition) is 4. The van der Waals surface area contributed by atoms with Gasteiger partial charge in [0.1, 0.15) is 11.9 Å². The Morgan fingerprint density at radius 1 is 1.20 bits per heavy atom. The van der Waals surface area contributed by atoms with E-state index >= 15 is 0 Å². The van der Waals surface area contributed by atoms with Crippen LogP contribution in [-0.2, 0) is 0 Å². The molecule has 0 spiro atoms. The molecule has 0 fully saturated rings. The molecular formula is C19H14FN3S2. The van der Waals surface area contributed by atoms with E-state index in [4.69, 9.17) is 12.2 Å². The zero-order valence-corrected chi connectivity index (χ0v) is 15.0. The van der Waals surface area contributed by atoms with Crippen LogP contribution in [0.2, 0.25) is 0 Å². The zero-order chi connectivity index (χ0) is 17.8. The maximum atomic E-state index is 13.0. The van der Waals surface area contributed by atoms with Crippen LogP contribution >= 0.6 is 23.6 Å². The second kappa shape index (κ2) is 7.51. The molecule has 0 aliphatic heterocycles. The molecule has 6 heteroatoms. The molecule has 0 bridgehead atoms. The van der Waals surface area contributed by atoms with Gasteiger partial charge < -0.3 is 0 Å². The SMILES string of the molecule is CC(c1ccccc1)n1c(/N=C/c2ccc(F)cc2)c(C#N)sc1=S. The summed E-state index contributed by atoms with van der Waals surface area (Å²) in [5, 5.41) is 9.42. The number of nitriles is 1. The summed E-state index contributed by atoms with van der Waals surface area (Å²) in [5.41, 5.74) is 1.83. The maximum absolute atomic E-state index is 13.0. The highest BCUT2D eigenvalue weighted by atomic mass is 32.1. The lowest BCUT2D eigenvalue weighted by molar-refractivity contribution is 0.628. The van der Waals surface area contributed by atoms with Crippen molar-refractivity contribution in [3.05, 3.63) is 80.4 Å². The highest BCUT2D eigenvalue weighted by Crippen LogP contribution is 2.33. The summed E-state index contributed by atoms with van der Waals surface area (Å²) in [4.78, 5) is 4.95. The van der Waals surface area contributed by atoms with Crippen molar-refractivity contribution >= 4 is 35.6 Å². The van der Waals surface area contributed by atoms with Crippen molar-refractivity contribution in [2.24, 2.45) is 4.99 Å². The van der Waals surface area contributed by atoms with Gasteiger partial charge in [-0.25, -0.2) is 9.38 Å². The largest absolute Gasteiger partial charge is 0.300 e. The lowest BCUT2D eigenvalue weighted by atomic mass is 10.1. The number of benzene rings is 2. The van der Waals surface area contributed by atoms with E-state index in [2.05, 4.69) is 11.1 Å². The van der Waals surface area contributed by atoms with Crippen molar-refractivity contribution in [3.63, 3.8) is 0 Å². The topological polar surface area (TPSA) is 41.1 Å². The fraction of sp³-hybridized carbons (Fsp3) is 0.105. The number of rotatable bonds is 4. The van der Waals surface area contributed by atoms with Crippen LogP contribution in [0.1, 0.15) is 29.0 Å². The Balaban J connectivity index is 2.05. The molecule has 1 aromatic heterocycles. The highest BCUT2D eigenvalue weighted by Gasteiger charge is 2.17. The van der Waals surface area contributed by atoms with Gasteiger partial charge in [0.2, 0.25) is 0 Å². The van der Waals surface area contributed by atoms with E-state index in [9.17, 15) is 9.65 Å². The van der Waals surface area contributed by atoms with Gasteiger partial charge in [0.25, 0.3) is 0 Å². The van der Waals surface area contributed by atoms with E-state index in [1.54, 1.807) is 18.3 Å². The predicted molar refractivity (Wildman–Crippen MR) is 102 cm³/mol. The van der Waals surface area contributed by atoms with Crippen molar-refractivity contribution in [1.82, 2.24) is 4.57 Å². The smallest absolute Gasteiger partial charge is 0.164 e. The van der Waals surface area contributed by atoms with Crippen LogP contribution in [0.4, 0.5) is 10.2 Å². The number of nitrogens with zero attached hydrogens (tertiary/aromatic N) is 3. The second-order valence-corrected chi connectivity index (χ2v) is 7.04. The second-order valence-electron chi connectivity index (χ2n) is 5.40. The third kappa shape index (κ3) is 3.73. The van der Waals surface area contributed by atoms with Gasteiger partial charge in [0.15, 0.2) is 14.6 Å². The van der Waals surface area contributed by atoms with Gasteiger partial charge in [0.05, 0.1) is 6.04 Å². The van der Waals surface area contributed by atoms with E-state index < -0.39 is 0 Å². The van der Waals surface area contributed by atoms with Crippen LogP contribution in [0.15, 0.2) is 59.6 Å². The van der Waals surface area contributed by atoms with Crippen LogP contribution in [0.5, 0.6) is 0 Å². The third-order valence-corrected chi connectivity index (χ3v) is 5.09. The molecule has 0 saturated heterocycles. The first-order valence-electron chi connectivity index (χ1n) is 7.60.